The van der Waals surface area contributed by atoms with Crippen LogP contribution >= 0.6 is 0 Å². The zero-order valence-corrected chi connectivity index (χ0v) is 24.7. The quantitative estimate of drug-likeness (QED) is 0.151. The summed E-state index contributed by atoms with van der Waals surface area (Å²) in [7, 11) is 0. The number of allylic oxidation sites excluding steroid dienone is 2. The lowest BCUT2D eigenvalue weighted by Gasteiger charge is -2.27. The number of halogens is 4. The molecule has 0 aromatic heterocycles. The maximum atomic E-state index is 14.3. The molecule has 0 heterocycles. The first-order chi connectivity index (χ1) is 19.8. The smallest absolute Gasteiger partial charge is 0.200 e. The fourth-order valence-corrected chi connectivity index (χ4v) is 5.82. The number of ether oxygens (including phenoxy) is 2. The second kappa shape index (κ2) is 16.6. The van der Waals surface area contributed by atoms with E-state index in [1.807, 2.05) is 26.0 Å². The Hall–Kier alpha value is -2.76. The highest BCUT2D eigenvalue weighted by Crippen LogP contribution is 2.40. The predicted molar refractivity (Wildman–Crippen MR) is 159 cm³/mol. The molecule has 4 rings (SSSR count). The molecule has 41 heavy (non-hydrogen) atoms. The fourth-order valence-electron chi connectivity index (χ4n) is 5.82. The topological polar surface area (TPSA) is 18.5 Å². The summed E-state index contributed by atoms with van der Waals surface area (Å²) in [5, 5.41) is 0. The molecule has 0 amide bonds. The van der Waals surface area contributed by atoms with Crippen molar-refractivity contribution in [3.63, 3.8) is 0 Å². The van der Waals surface area contributed by atoms with Crippen molar-refractivity contribution >= 4 is 0 Å². The third-order valence-corrected chi connectivity index (χ3v) is 8.46. The molecule has 0 unspecified atom stereocenters. The Morgan fingerprint density at radius 1 is 0.610 bits per heavy atom. The molecule has 0 bridgehead atoms. The average molecular weight is 575 g/mol. The van der Waals surface area contributed by atoms with Crippen molar-refractivity contribution in [3.05, 3.63) is 84.0 Å². The third-order valence-electron chi connectivity index (χ3n) is 8.46. The van der Waals surface area contributed by atoms with Gasteiger partial charge in [0.1, 0.15) is 0 Å². The van der Waals surface area contributed by atoms with Gasteiger partial charge in [0, 0.05) is 0 Å². The molecular formula is C35H46F4O2. The molecule has 2 nitrogen and oxygen atoms in total. The van der Waals surface area contributed by atoms with Crippen LogP contribution in [0.3, 0.4) is 0 Å². The highest BCUT2D eigenvalue weighted by Gasteiger charge is 2.27. The molecule has 0 spiro atoms. The van der Waals surface area contributed by atoms with Crippen LogP contribution in [0.1, 0.15) is 107 Å². The zero-order chi connectivity index (χ0) is 29.8. The highest BCUT2D eigenvalue weighted by atomic mass is 19.2. The molecule has 2 saturated carbocycles. The van der Waals surface area contributed by atoms with Crippen LogP contribution in [0, 0.1) is 35.1 Å². The van der Waals surface area contributed by atoms with Gasteiger partial charge in [0.15, 0.2) is 23.1 Å². The first kappa shape index (κ1) is 32.8. The van der Waals surface area contributed by atoms with Crippen molar-refractivity contribution in [2.45, 2.75) is 96.3 Å². The number of unbranched alkanes of at least 4 members (excludes halogenated alkanes) is 1. The third kappa shape index (κ3) is 8.86. The van der Waals surface area contributed by atoms with Crippen LogP contribution in [0.25, 0.3) is 0 Å². The predicted octanol–water partition coefficient (Wildman–Crippen LogP) is 10.8. The van der Waals surface area contributed by atoms with E-state index in [-0.39, 0.29) is 23.3 Å². The van der Waals surface area contributed by atoms with Crippen molar-refractivity contribution in [2.75, 3.05) is 13.2 Å². The molecular weight excluding hydrogens is 528 g/mol. The molecule has 0 saturated heterocycles. The van der Waals surface area contributed by atoms with E-state index in [1.54, 1.807) is 24.3 Å². The second-order valence-electron chi connectivity index (χ2n) is 11.3. The van der Waals surface area contributed by atoms with Crippen LogP contribution in [0.4, 0.5) is 17.6 Å². The van der Waals surface area contributed by atoms with Gasteiger partial charge in [-0.1, -0.05) is 44.6 Å². The lowest BCUT2D eigenvalue weighted by molar-refractivity contribution is 0.286. The first-order valence-electron chi connectivity index (χ1n) is 15.3. The lowest BCUT2D eigenvalue weighted by Crippen LogP contribution is -2.13. The Labute approximate surface area is 243 Å². The summed E-state index contributed by atoms with van der Waals surface area (Å²) >= 11 is 0. The molecule has 0 atom stereocenters. The van der Waals surface area contributed by atoms with Crippen LogP contribution in [0.15, 0.2) is 49.6 Å². The van der Waals surface area contributed by atoms with Gasteiger partial charge in [-0.25, -0.2) is 8.78 Å². The minimum atomic E-state index is -0.846. The van der Waals surface area contributed by atoms with E-state index >= 15 is 0 Å². The molecule has 0 aliphatic heterocycles. The maximum absolute atomic E-state index is 14.3. The largest absolute Gasteiger partial charge is 0.490 e. The van der Waals surface area contributed by atoms with Gasteiger partial charge in [-0.3, -0.25) is 0 Å². The van der Waals surface area contributed by atoms with Gasteiger partial charge in [0.05, 0.1) is 13.2 Å². The number of hydrogen-bond donors (Lipinski definition) is 0. The summed E-state index contributed by atoms with van der Waals surface area (Å²) in [6.45, 7) is 12.4. The van der Waals surface area contributed by atoms with Crippen molar-refractivity contribution in [1.29, 1.82) is 0 Å². The van der Waals surface area contributed by atoms with Gasteiger partial charge >= 0.3 is 0 Å². The summed E-state index contributed by atoms with van der Waals surface area (Å²) in [6.07, 6.45) is 14.1. The van der Waals surface area contributed by atoms with Crippen molar-refractivity contribution in [1.82, 2.24) is 0 Å². The van der Waals surface area contributed by atoms with Gasteiger partial charge in [-0.2, -0.15) is 8.78 Å². The summed E-state index contributed by atoms with van der Waals surface area (Å²) in [4.78, 5) is 0. The molecule has 226 valence electrons. The second-order valence-corrected chi connectivity index (χ2v) is 11.3. The van der Waals surface area contributed by atoms with E-state index in [9.17, 15) is 17.6 Å². The Bertz CT molecular complexity index is 1120. The first-order valence-corrected chi connectivity index (χ1v) is 15.3. The van der Waals surface area contributed by atoms with E-state index in [1.165, 1.54) is 0 Å². The molecule has 6 heteroatoms. The Kier molecular flexibility index (Phi) is 13.3. The minimum Gasteiger partial charge on any atom is -0.490 e. The molecule has 0 N–H and O–H groups in total. The Morgan fingerprint density at radius 3 is 1.39 bits per heavy atom. The van der Waals surface area contributed by atoms with E-state index in [0.717, 1.165) is 70.6 Å². The summed E-state index contributed by atoms with van der Waals surface area (Å²) in [6, 6.07) is 6.51. The zero-order valence-electron chi connectivity index (χ0n) is 24.7. The highest BCUT2D eigenvalue weighted by molar-refractivity contribution is 5.34. The number of hydrogen-bond acceptors (Lipinski definition) is 2. The lowest BCUT2D eigenvalue weighted by atomic mass is 9.78. The number of benzene rings is 2. The fraction of sp³-hybridized carbons (Fsp3) is 0.543. The van der Waals surface area contributed by atoms with Crippen LogP contribution in [0.5, 0.6) is 11.5 Å². The summed E-state index contributed by atoms with van der Waals surface area (Å²) < 4.78 is 67.0. The van der Waals surface area contributed by atoms with Crippen molar-refractivity contribution in [2.24, 2.45) is 11.8 Å². The van der Waals surface area contributed by atoms with Crippen LogP contribution in [0.2, 0.25) is 0 Å². The van der Waals surface area contributed by atoms with Crippen molar-refractivity contribution in [3.8, 4) is 11.5 Å². The number of rotatable bonds is 11. The van der Waals surface area contributed by atoms with E-state index in [0.29, 0.717) is 36.2 Å². The molecule has 2 aromatic rings. The van der Waals surface area contributed by atoms with Gasteiger partial charge in [0.25, 0.3) is 0 Å². The Morgan fingerprint density at radius 2 is 1.02 bits per heavy atom. The monoisotopic (exact) mass is 574 g/mol. The summed E-state index contributed by atoms with van der Waals surface area (Å²) in [5.41, 5.74) is 0.992. The molecule has 2 aliphatic carbocycles. The van der Waals surface area contributed by atoms with Crippen molar-refractivity contribution < 1.29 is 27.0 Å². The van der Waals surface area contributed by atoms with Gasteiger partial charge in [0.2, 0.25) is 11.6 Å². The van der Waals surface area contributed by atoms with Gasteiger partial charge < -0.3 is 9.47 Å². The van der Waals surface area contributed by atoms with E-state index in [4.69, 9.17) is 9.47 Å². The maximum Gasteiger partial charge on any atom is 0.200 e. The average Bonchev–Trinajstić information content (AvgIpc) is 3.01. The molecule has 2 fully saturated rings. The van der Waals surface area contributed by atoms with E-state index in [2.05, 4.69) is 13.2 Å². The Balaban J connectivity index is 0.000000226. The minimum absolute atomic E-state index is 0.0212. The standard InChI is InChI=1S/C18H24F2O.C17H22F2O/c1-3-5-12-21-16-11-10-15(17(19)18(16)20)14-8-6-13(4-2)7-9-14;1-3-11-20-15-10-9-14(16(18)17(15)19)13-7-5-12(4-2)6-8-13/h4,10-11,13-14H,2-3,5-9,12H2,1H3;4,9-10,12-13H,2-3,5-8,11H2,1H3. The normalized spacial score (nSPS) is 22.3. The molecule has 2 aromatic carbocycles. The van der Waals surface area contributed by atoms with Crippen LogP contribution in [-0.4, -0.2) is 13.2 Å². The van der Waals surface area contributed by atoms with Gasteiger partial charge in [-0.15, -0.1) is 13.2 Å². The summed E-state index contributed by atoms with van der Waals surface area (Å²) in [5.74, 6) is -1.83. The van der Waals surface area contributed by atoms with Crippen LogP contribution < -0.4 is 9.47 Å². The molecule has 2 aliphatic rings. The van der Waals surface area contributed by atoms with Gasteiger partial charge in [-0.05, 0) is 111 Å². The van der Waals surface area contributed by atoms with Crippen LogP contribution in [-0.2, 0) is 0 Å². The SMILES string of the molecule is C=CC1CCC(c2ccc(OCCC)c(F)c2F)CC1.C=CC1CCC(c2ccc(OCCCC)c(F)c2F)CC1. The van der Waals surface area contributed by atoms with E-state index < -0.39 is 23.3 Å². The molecule has 0 radical (unpaired) electrons.